The van der Waals surface area contributed by atoms with Crippen LogP contribution < -0.4 is 0 Å². The van der Waals surface area contributed by atoms with Crippen molar-refractivity contribution in [2.75, 3.05) is 7.05 Å². The van der Waals surface area contributed by atoms with Crippen LogP contribution in [0.5, 0.6) is 0 Å². The standard InChI is InChI=1S/C17H15N3O/c1-20(12-13-5-3-9-18-11-13)17(21)15-6-2-8-16-14(15)7-4-10-19-16/h2-11H,12H2,1H3. The van der Waals surface area contributed by atoms with Crippen molar-refractivity contribution in [1.82, 2.24) is 14.9 Å². The molecule has 0 unspecified atom stereocenters. The minimum atomic E-state index is -0.0162. The molecule has 4 nitrogen and oxygen atoms in total. The predicted octanol–water partition coefficient (Wildman–Crippen LogP) is 2.90. The molecule has 3 aromatic rings. The Bertz CT molecular complexity index is 766. The van der Waals surface area contributed by atoms with Crippen molar-refractivity contribution < 1.29 is 4.79 Å². The first-order valence-corrected chi connectivity index (χ1v) is 6.74. The van der Waals surface area contributed by atoms with E-state index in [1.165, 1.54) is 0 Å². The second-order valence-corrected chi connectivity index (χ2v) is 4.90. The van der Waals surface area contributed by atoms with Crippen LogP contribution in [-0.4, -0.2) is 27.8 Å². The van der Waals surface area contributed by atoms with Gasteiger partial charge in [-0.05, 0) is 29.8 Å². The van der Waals surface area contributed by atoms with Crippen molar-refractivity contribution >= 4 is 16.8 Å². The molecule has 0 aliphatic carbocycles. The fourth-order valence-corrected chi connectivity index (χ4v) is 2.33. The zero-order chi connectivity index (χ0) is 14.7. The Morgan fingerprint density at radius 1 is 1.10 bits per heavy atom. The Hall–Kier alpha value is -2.75. The number of aromatic nitrogens is 2. The van der Waals surface area contributed by atoms with Crippen LogP contribution in [0.4, 0.5) is 0 Å². The number of carbonyl (C=O) groups is 1. The maximum Gasteiger partial charge on any atom is 0.254 e. The van der Waals surface area contributed by atoms with E-state index in [1.807, 2.05) is 42.5 Å². The zero-order valence-electron chi connectivity index (χ0n) is 11.7. The fraction of sp³-hybridized carbons (Fsp3) is 0.118. The summed E-state index contributed by atoms with van der Waals surface area (Å²) < 4.78 is 0. The molecular weight excluding hydrogens is 262 g/mol. The maximum atomic E-state index is 12.6. The summed E-state index contributed by atoms with van der Waals surface area (Å²) in [6, 6.07) is 13.2. The molecule has 0 aliphatic heterocycles. The molecule has 0 fully saturated rings. The molecule has 104 valence electrons. The second kappa shape index (κ2) is 5.71. The topological polar surface area (TPSA) is 46.1 Å². The molecule has 21 heavy (non-hydrogen) atoms. The van der Waals surface area contributed by atoms with Gasteiger partial charge in [-0.25, -0.2) is 0 Å². The fourth-order valence-electron chi connectivity index (χ4n) is 2.33. The smallest absolute Gasteiger partial charge is 0.254 e. The monoisotopic (exact) mass is 277 g/mol. The van der Waals surface area contributed by atoms with E-state index in [2.05, 4.69) is 9.97 Å². The van der Waals surface area contributed by atoms with Crippen LogP contribution in [0.15, 0.2) is 61.1 Å². The summed E-state index contributed by atoms with van der Waals surface area (Å²) in [7, 11) is 1.80. The molecule has 0 spiro atoms. The van der Waals surface area contributed by atoms with Crippen LogP contribution >= 0.6 is 0 Å². The Morgan fingerprint density at radius 3 is 2.76 bits per heavy atom. The third-order valence-electron chi connectivity index (χ3n) is 3.37. The Labute approximate surface area is 123 Å². The van der Waals surface area contributed by atoms with Crippen molar-refractivity contribution in [3.63, 3.8) is 0 Å². The highest BCUT2D eigenvalue weighted by atomic mass is 16.2. The number of pyridine rings is 2. The van der Waals surface area contributed by atoms with Crippen molar-refractivity contribution in [2.45, 2.75) is 6.54 Å². The molecule has 2 aromatic heterocycles. The first kappa shape index (κ1) is 13.2. The Morgan fingerprint density at radius 2 is 1.95 bits per heavy atom. The average Bonchev–Trinajstić information content (AvgIpc) is 2.54. The van der Waals surface area contributed by atoms with Gasteiger partial charge in [0, 0.05) is 43.1 Å². The number of hydrogen-bond acceptors (Lipinski definition) is 3. The highest BCUT2D eigenvalue weighted by Crippen LogP contribution is 2.18. The highest BCUT2D eigenvalue weighted by molar-refractivity contribution is 6.05. The van der Waals surface area contributed by atoms with Gasteiger partial charge in [0.15, 0.2) is 0 Å². The summed E-state index contributed by atoms with van der Waals surface area (Å²) in [4.78, 5) is 22.7. The normalized spacial score (nSPS) is 10.5. The number of hydrogen-bond donors (Lipinski definition) is 0. The molecule has 3 rings (SSSR count). The molecule has 0 N–H and O–H groups in total. The van der Waals surface area contributed by atoms with E-state index in [0.29, 0.717) is 12.1 Å². The lowest BCUT2D eigenvalue weighted by molar-refractivity contribution is 0.0787. The largest absolute Gasteiger partial charge is 0.337 e. The van der Waals surface area contributed by atoms with Crippen molar-refractivity contribution in [1.29, 1.82) is 0 Å². The average molecular weight is 277 g/mol. The number of fused-ring (bicyclic) bond motifs is 1. The van der Waals surface area contributed by atoms with E-state index in [9.17, 15) is 4.79 Å². The van der Waals surface area contributed by atoms with Gasteiger partial charge in [-0.15, -0.1) is 0 Å². The van der Waals surface area contributed by atoms with Crippen LogP contribution in [0.2, 0.25) is 0 Å². The molecule has 0 aliphatic rings. The summed E-state index contributed by atoms with van der Waals surface area (Å²) in [5.74, 6) is -0.0162. The minimum absolute atomic E-state index is 0.0162. The van der Waals surface area contributed by atoms with Gasteiger partial charge in [0.25, 0.3) is 5.91 Å². The van der Waals surface area contributed by atoms with Crippen LogP contribution in [0.1, 0.15) is 15.9 Å². The number of nitrogens with zero attached hydrogens (tertiary/aromatic N) is 3. The second-order valence-electron chi connectivity index (χ2n) is 4.90. The molecule has 0 bridgehead atoms. The lowest BCUT2D eigenvalue weighted by Gasteiger charge is -2.18. The van der Waals surface area contributed by atoms with Gasteiger partial charge in [0.05, 0.1) is 5.52 Å². The Balaban J connectivity index is 1.90. The van der Waals surface area contributed by atoms with Crippen molar-refractivity contribution in [3.8, 4) is 0 Å². The molecule has 2 heterocycles. The summed E-state index contributed by atoms with van der Waals surface area (Å²) in [6.07, 6.45) is 5.23. The van der Waals surface area contributed by atoms with E-state index < -0.39 is 0 Å². The molecule has 1 aromatic carbocycles. The number of benzene rings is 1. The lowest BCUT2D eigenvalue weighted by atomic mass is 10.1. The molecule has 1 amide bonds. The van der Waals surface area contributed by atoms with Crippen molar-refractivity contribution in [2.24, 2.45) is 0 Å². The van der Waals surface area contributed by atoms with E-state index in [0.717, 1.165) is 16.5 Å². The van der Waals surface area contributed by atoms with Crippen LogP contribution in [0, 0.1) is 0 Å². The highest BCUT2D eigenvalue weighted by Gasteiger charge is 2.15. The molecule has 0 saturated carbocycles. The first-order valence-electron chi connectivity index (χ1n) is 6.74. The molecular formula is C17H15N3O. The number of amides is 1. The molecule has 4 heteroatoms. The third kappa shape index (κ3) is 2.74. The predicted molar refractivity (Wildman–Crippen MR) is 81.8 cm³/mol. The van der Waals surface area contributed by atoms with Crippen molar-refractivity contribution in [3.05, 3.63) is 72.2 Å². The van der Waals surface area contributed by atoms with Crippen LogP contribution in [0.25, 0.3) is 10.9 Å². The van der Waals surface area contributed by atoms with Gasteiger partial charge in [-0.1, -0.05) is 18.2 Å². The quantitative estimate of drug-likeness (QED) is 0.739. The number of rotatable bonds is 3. The van der Waals surface area contributed by atoms with Gasteiger partial charge in [0.1, 0.15) is 0 Å². The first-order chi connectivity index (χ1) is 10.3. The van der Waals surface area contributed by atoms with Gasteiger partial charge in [0.2, 0.25) is 0 Å². The van der Waals surface area contributed by atoms with E-state index in [-0.39, 0.29) is 5.91 Å². The molecule has 0 radical (unpaired) electrons. The summed E-state index contributed by atoms with van der Waals surface area (Å²) in [5.41, 5.74) is 2.51. The minimum Gasteiger partial charge on any atom is -0.337 e. The van der Waals surface area contributed by atoms with Gasteiger partial charge < -0.3 is 4.90 Å². The Kier molecular flexibility index (Phi) is 3.60. The lowest BCUT2D eigenvalue weighted by Crippen LogP contribution is -2.26. The summed E-state index contributed by atoms with van der Waals surface area (Å²) >= 11 is 0. The van der Waals surface area contributed by atoms with Crippen LogP contribution in [0.3, 0.4) is 0 Å². The van der Waals surface area contributed by atoms with E-state index in [4.69, 9.17) is 0 Å². The summed E-state index contributed by atoms with van der Waals surface area (Å²) in [5, 5.41) is 0.878. The number of carbonyl (C=O) groups excluding carboxylic acids is 1. The van der Waals surface area contributed by atoms with Crippen LogP contribution in [-0.2, 0) is 6.54 Å². The zero-order valence-corrected chi connectivity index (χ0v) is 11.7. The molecule has 0 saturated heterocycles. The summed E-state index contributed by atoms with van der Waals surface area (Å²) in [6.45, 7) is 0.531. The van der Waals surface area contributed by atoms with E-state index in [1.54, 1.807) is 30.5 Å². The van der Waals surface area contributed by atoms with Gasteiger partial charge >= 0.3 is 0 Å². The maximum absolute atomic E-state index is 12.6. The van der Waals surface area contributed by atoms with Gasteiger partial charge in [-0.3, -0.25) is 14.8 Å². The van der Waals surface area contributed by atoms with E-state index >= 15 is 0 Å². The molecule has 0 atom stereocenters. The third-order valence-corrected chi connectivity index (χ3v) is 3.37. The van der Waals surface area contributed by atoms with Gasteiger partial charge in [-0.2, -0.15) is 0 Å². The SMILES string of the molecule is CN(Cc1cccnc1)C(=O)c1cccc2ncccc12.